The number of nitrogens with zero attached hydrogens (tertiary/aromatic N) is 1. The number of anilines is 2. The Kier molecular flexibility index (Phi) is 6.13. The molecule has 1 fully saturated rings. The Hall–Kier alpha value is -2.80. The molecule has 0 radical (unpaired) electrons. The van der Waals surface area contributed by atoms with E-state index in [2.05, 4.69) is 5.32 Å². The summed E-state index contributed by atoms with van der Waals surface area (Å²) in [6.45, 7) is 3.37. The van der Waals surface area contributed by atoms with Crippen molar-refractivity contribution in [1.82, 2.24) is 0 Å². The molecule has 0 aromatic heterocycles. The lowest BCUT2D eigenvalue weighted by atomic mass is 10.2. The summed E-state index contributed by atoms with van der Waals surface area (Å²) < 4.78 is 24.4. The summed E-state index contributed by atoms with van der Waals surface area (Å²) in [5.74, 6) is 0.969. The molecule has 0 unspecified atom stereocenters. The summed E-state index contributed by atoms with van der Waals surface area (Å²) in [5, 5.41) is 2.90. The molecule has 2 aromatic carbocycles. The molecule has 144 valence electrons. The van der Waals surface area contributed by atoms with Gasteiger partial charge in [0.05, 0.1) is 46.1 Å². The molecule has 0 spiro atoms. The van der Waals surface area contributed by atoms with Crippen LogP contribution < -0.4 is 24.6 Å². The Morgan fingerprint density at radius 1 is 1.11 bits per heavy atom. The van der Waals surface area contributed by atoms with Crippen LogP contribution in [0.25, 0.3) is 0 Å². The summed E-state index contributed by atoms with van der Waals surface area (Å²) in [6.07, 6.45) is 0. The maximum Gasteiger partial charge on any atom is 0.279 e. The van der Waals surface area contributed by atoms with E-state index in [9.17, 15) is 9.18 Å². The molecule has 0 atom stereocenters. The van der Waals surface area contributed by atoms with Crippen molar-refractivity contribution in [3.63, 3.8) is 0 Å². The first-order valence-corrected chi connectivity index (χ1v) is 8.95. The predicted molar refractivity (Wildman–Crippen MR) is 102 cm³/mol. The van der Waals surface area contributed by atoms with Crippen LogP contribution in [0.15, 0.2) is 42.5 Å². The van der Waals surface area contributed by atoms with Gasteiger partial charge in [-0.25, -0.2) is 4.39 Å². The van der Waals surface area contributed by atoms with Gasteiger partial charge in [0.1, 0.15) is 17.3 Å². The van der Waals surface area contributed by atoms with Crippen molar-refractivity contribution in [3.8, 4) is 11.5 Å². The standard InChI is InChI=1S/C20H24FN3O3/c1-26-16-11-15(12-17(13-16)27-2)22-20(25)14-23-7-9-24(10-8-23)19-6-4-3-5-18(19)21/h3-6,11-13H,7-10,14H2,1-2H3,(H,22,25)/p+1. The molecule has 6 nitrogen and oxygen atoms in total. The van der Waals surface area contributed by atoms with Crippen molar-refractivity contribution in [2.24, 2.45) is 0 Å². The van der Waals surface area contributed by atoms with Gasteiger partial charge >= 0.3 is 0 Å². The fraction of sp³-hybridized carbons (Fsp3) is 0.350. The predicted octanol–water partition coefficient (Wildman–Crippen LogP) is 1.19. The lowest BCUT2D eigenvalue weighted by Crippen LogP contribution is -3.15. The van der Waals surface area contributed by atoms with Crippen molar-refractivity contribution < 1.29 is 23.6 Å². The van der Waals surface area contributed by atoms with Crippen LogP contribution in [-0.4, -0.2) is 52.9 Å². The van der Waals surface area contributed by atoms with Gasteiger partial charge in [0, 0.05) is 23.9 Å². The highest BCUT2D eigenvalue weighted by molar-refractivity contribution is 5.91. The minimum absolute atomic E-state index is 0.0698. The molecule has 0 saturated carbocycles. The van der Waals surface area contributed by atoms with E-state index in [1.165, 1.54) is 11.0 Å². The number of methoxy groups -OCH3 is 2. The number of carbonyl (C=O) groups excluding carboxylic acids is 1. The van der Waals surface area contributed by atoms with Crippen molar-refractivity contribution in [3.05, 3.63) is 48.3 Å². The van der Waals surface area contributed by atoms with Crippen LogP contribution >= 0.6 is 0 Å². The second-order valence-electron chi connectivity index (χ2n) is 6.51. The van der Waals surface area contributed by atoms with Gasteiger partial charge in [-0.05, 0) is 12.1 Å². The fourth-order valence-corrected chi connectivity index (χ4v) is 3.26. The first kappa shape index (κ1) is 19.0. The molecule has 2 aromatic rings. The van der Waals surface area contributed by atoms with Gasteiger partial charge in [0.15, 0.2) is 6.54 Å². The van der Waals surface area contributed by atoms with E-state index in [-0.39, 0.29) is 11.7 Å². The monoisotopic (exact) mass is 374 g/mol. The summed E-state index contributed by atoms with van der Waals surface area (Å²) in [7, 11) is 3.14. The van der Waals surface area contributed by atoms with Crippen molar-refractivity contribution in [1.29, 1.82) is 0 Å². The topological polar surface area (TPSA) is 55.2 Å². The third-order valence-electron chi connectivity index (χ3n) is 4.71. The summed E-state index contributed by atoms with van der Waals surface area (Å²) in [6, 6.07) is 12.1. The van der Waals surface area contributed by atoms with Gasteiger partial charge in [-0.3, -0.25) is 4.79 Å². The van der Waals surface area contributed by atoms with Crippen LogP contribution in [0.4, 0.5) is 15.8 Å². The fourth-order valence-electron chi connectivity index (χ4n) is 3.26. The second kappa shape index (κ2) is 8.73. The van der Waals surface area contributed by atoms with E-state index in [0.29, 0.717) is 29.4 Å². The zero-order valence-electron chi connectivity index (χ0n) is 15.6. The van der Waals surface area contributed by atoms with E-state index >= 15 is 0 Å². The quantitative estimate of drug-likeness (QED) is 0.798. The Balaban J connectivity index is 1.53. The minimum atomic E-state index is -0.203. The average Bonchev–Trinajstić information content (AvgIpc) is 2.68. The highest BCUT2D eigenvalue weighted by Gasteiger charge is 2.23. The first-order chi connectivity index (χ1) is 13.1. The number of piperazine rings is 1. The van der Waals surface area contributed by atoms with E-state index in [0.717, 1.165) is 26.2 Å². The van der Waals surface area contributed by atoms with E-state index in [4.69, 9.17) is 9.47 Å². The molecule has 0 bridgehead atoms. The second-order valence-corrected chi connectivity index (χ2v) is 6.51. The largest absolute Gasteiger partial charge is 0.497 e. The number of halogens is 1. The molecule has 1 heterocycles. The lowest BCUT2D eigenvalue weighted by molar-refractivity contribution is -0.892. The summed E-state index contributed by atoms with van der Waals surface area (Å²) in [4.78, 5) is 15.6. The van der Waals surface area contributed by atoms with Gasteiger partial charge < -0.3 is 24.6 Å². The van der Waals surface area contributed by atoms with Crippen LogP contribution in [0.1, 0.15) is 0 Å². The first-order valence-electron chi connectivity index (χ1n) is 8.95. The molecular weight excluding hydrogens is 349 g/mol. The maximum absolute atomic E-state index is 13.9. The normalized spacial score (nSPS) is 14.7. The van der Waals surface area contributed by atoms with Crippen LogP contribution in [0.5, 0.6) is 11.5 Å². The number of hydrogen-bond acceptors (Lipinski definition) is 4. The number of carbonyl (C=O) groups is 1. The van der Waals surface area contributed by atoms with E-state index < -0.39 is 0 Å². The molecule has 1 aliphatic heterocycles. The molecule has 2 N–H and O–H groups in total. The van der Waals surface area contributed by atoms with E-state index in [1.54, 1.807) is 44.6 Å². The van der Waals surface area contributed by atoms with Crippen molar-refractivity contribution in [2.75, 3.05) is 57.2 Å². The minimum Gasteiger partial charge on any atom is -0.497 e. The highest BCUT2D eigenvalue weighted by atomic mass is 19.1. The van der Waals surface area contributed by atoms with Crippen LogP contribution in [-0.2, 0) is 4.79 Å². The Morgan fingerprint density at radius 2 is 1.74 bits per heavy atom. The molecule has 27 heavy (non-hydrogen) atoms. The summed E-state index contributed by atoms with van der Waals surface area (Å²) in [5.41, 5.74) is 1.27. The number of ether oxygens (including phenoxy) is 2. The van der Waals surface area contributed by atoms with E-state index in [1.807, 2.05) is 11.0 Å². The van der Waals surface area contributed by atoms with Crippen LogP contribution in [0.2, 0.25) is 0 Å². The molecule has 1 amide bonds. The van der Waals surface area contributed by atoms with Crippen molar-refractivity contribution in [2.45, 2.75) is 0 Å². The smallest absolute Gasteiger partial charge is 0.279 e. The number of quaternary nitrogens is 1. The number of rotatable bonds is 6. The number of para-hydroxylation sites is 1. The third-order valence-corrected chi connectivity index (χ3v) is 4.71. The number of hydrogen-bond donors (Lipinski definition) is 2. The van der Waals surface area contributed by atoms with Crippen molar-refractivity contribution >= 4 is 17.3 Å². The SMILES string of the molecule is COc1cc(NC(=O)C[NH+]2CCN(c3ccccc3F)CC2)cc(OC)c1. The van der Waals surface area contributed by atoms with Gasteiger partial charge in [-0.2, -0.15) is 0 Å². The van der Waals surface area contributed by atoms with Gasteiger partial charge in [-0.1, -0.05) is 12.1 Å². The Labute approximate surface area is 158 Å². The third kappa shape index (κ3) is 4.89. The van der Waals surface area contributed by atoms with Gasteiger partial charge in [0.2, 0.25) is 0 Å². The number of amides is 1. The average molecular weight is 374 g/mol. The summed E-state index contributed by atoms with van der Waals surface area (Å²) >= 11 is 0. The number of benzene rings is 2. The zero-order valence-corrected chi connectivity index (χ0v) is 15.6. The molecular formula is C20H25FN3O3+. The molecule has 7 heteroatoms. The zero-order chi connectivity index (χ0) is 19.2. The number of nitrogens with one attached hydrogen (secondary N) is 2. The highest BCUT2D eigenvalue weighted by Crippen LogP contribution is 2.25. The molecule has 1 aliphatic rings. The van der Waals surface area contributed by atoms with Gasteiger partial charge in [0.25, 0.3) is 5.91 Å². The lowest BCUT2D eigenvalue weighted by Gasteiger charge is -2.33. The molecule has 3 rings (SSSR count). The van der Waals surface area contributed by atoms with Crippen LogP contribution in [0, 0.1) is 5.82 Å². The van der Waals surface area contributed by atoms with Crippen LogP contribution in [0.3, 0.4) is 0 Å². The molecule has 1 saturated heterocycles. The maximum atomic E-state index is 13.9. The molecule has 0 aliphatic carbocycles. The Bertz CT molecular complexity index is 770. The Morgan fingerprint density at radius 3 is 2.33 bits per heavy atom. The van der Waals surface area contributed by atoms with Gasteiger partial charge in [-0.15, -0.1) is 0 Å².